The van der Waals surface area contributed by atoms with E-state index < -0.39 is 0 Å². The zero-order valence-corrected chi connectivity index (χ0v) is 13.5. The summed E-state index contributed by atoms with van der Waals surface area (Å²) in [6.45, 7) is 5.08. The first-order chi connectivity index (χ1) is 11.7. The summed E-state index contributed by atoms with van der Waals surface area (Å²) < 4.78 is 13.0. The van der Waals surface area contributed by atoms with Crippen molar-refractivity contribution in [1.82, 2.24) is 15.2 Å². The third-order valence-corrected chi connectivity index (χ3v) is 4.18. The molecular formula is C18H21FN4O. The number of carbonyl (C=O) groups excluding carboxylic acids is 1. The molecule has 0 aliphatic carbocycles. The first-order valence-electron chi connectivity index (χ1n) is 8.14. The number of benzene rings is 1. The van der Waals surface area contributed by atoms with Crippen LogP contribution < -0.4 is 10.2 Å². The predicted octanol–water partition coefficient (Wildman–Crippen LogP) is 1.77. The van der Waals surface area contributed by atoms with Gasteiger partial charge in [-0.3, -0.25) is 14.7 Å². The molecule has 1 N–H and O–H groups in total. The van der Waals surface area contributed by atoms with Gasteiger partial charge in [0.05, 0.1) is 0 Å². The van der Waals surface area contributed by atoms with Gasteiger partial charge >= 0.3 is 0 Å². The van der Waals surface area contributed by atoms with Gasteiger partial charge in [0.25, 0.3) is 5.91 Å². The molecular weight excluding hydrogens is 307 g/mol. The normalized spacial score (nSPS) is 15.3. The van der Waals surface area contributed by atoms with Gasteiger partial charge in [-0.15, -0.1) is 0 Å². The first-order valence-corrected chi connectivity index (χ1v) is 8.14. The molecule has 126 valence electrons. The maximum atomic E-state index is 13.0. The van der Waals surface area contributed by atoms with E-state index in [2.05, 4.69) is 20.1 Å². The van der Waals surface area contributed by atoms with E-state index in [-0.39, 0.29) is 11.7 Å². The second-order valence-corrected chi connectivity index (χ2v) is 5.78. The number of anilines is 1. The average molecular weight is 328 g/mol. The van der Waals surface area contributed by atoms with E-state index in [0.29, 0.717) is 12.2 Å². The molecule has 1 aliphatic heterocycles. The summed E-state index contributed by atoms with van der Waals surface area (Å²) in [6.07, 6.45) is 1.61. The van der Waals surface area contributed by atoms with Gasteiger partial charge in [-0.25, -0.2) is 4.39 Å². The van der Waals surface area contributed by atoms with E-state index in [0.717, 1.165) is 38.4 Å². The molecule has 0 radical (unpaired) electrons. The Morgan fingerprint density at radius 2 is 1.83 bits per heavy atom. The highest BCUT2D eigenvalue weighted by Gasteiger charge is 2.17. The van der Waals surface area contributed by atoms with Crippen LogP contribution in [0, 0.1) is 5.82 Å². The fourth-order valence-electron chi connectivity index (χ4n) is 2.80. The van der Waals surface area contributed by atoms with Crippen molar-refractivity contribution in [3.05, 3.63) is 60.2 Å². The van der Waals surface area contributed by atoms with Gasteiger partial charge < -0.3 is 10.2 Å². The van der Waals surface area contributed by atoms with Crippen molar-refractivity contribution in [2.24, 2.45) is 0 Å². The van der Waals surface area contributed by atoms with Crippen molar-refractivity contribution < 1.29 is 9.18 Å². The van der Waals surface area contributed by atoms with Crippen molar-refractivity contribution in [2.45, 2.75) is 0 Å². The van der Waals surface area contributed by atoms with Gasteiger partial charge in [-0.05, 0) is 36.4 Å². The molecule has 0 atom stereocenters. The SMILES string of the molecule is O=C(NCCN1CCN(c2ccc(F)cc2)CC1)c1ccccn1. The van der Waals surface area contributed by atoms with Crippen LogP contribution in [0.3, 0.4) is 0 Å². The van der Waals surface area contributed by atoms with Gasteiger partial charge in [0, 0.05) is 51.2 Å². The monoisotopic (exact) mass is 328 g/mol. The number of hydrogen-bond acceptors (Lipinski definition) is 4. The predicted molar refractivity (Wildman–Crippen MR) is 91.6 cm³/mol. The molecule has 0 bridgehead atoms. The van der Waals surface area contributed by atoms with E-state index in [1.165, 1.54) is 12.1 Å². The van der Waals surface area contributed by atoms with E-state index in [4.69, 9.17) is 0 Å². The Bertz CT molecular complexity index is 654. The zero-order valence-electron chi connectivity index (χ0n) is 13.5. The number of pyridine rings is 1. The molecule has 2 heterocycles. The minimum atomic E-state index is -0.207. The lowest BCUT2D eigenvalue weighted by molar-refractivity contribution is 0.0943. The van der Waals surface area contributed by atoms with Crippen LogP contribution in [0.5, 0.6) is 0 Å². The Balaban J connectivity index is 1.39. The number of piperazine rings is 1. The van der Waals surface area contributed by atoms with E-state index >= 15 is 0 Å². The Kier molecular flexibility index (Phi) is 5.38. The molecule has 5 nitrogen and oxygen atoms in total. The summed E-state index contributed by atoms with van der Waals surface area (Å²) in [7, 11) is 0. The van der Waals surface area contributed by atoms with Crippen LogP contribution >= 0.6 is 0 Å². The second-order valence-electron chi connectivity index (χ2n) is 5.78. The topological polar surface area (TPSA) is 48.5 Å². The zero-order chi connectivity index (χ0) is 16.8. The molecule has 1 fully saturated rings. The number of aromatic nitrogens is 1. The standard InChI is InChI=1S/C18H21FN4O/c19-15-4-6-16(7-5-15)23-13-11-22(12-14-23)10-9-21-18(24)17-3-1-2-8-20-17/h1-8H,9-14H2,(H,21,24). The van der Waals surface area contributed by atoms with Crippen molar-refractivity contribution in [1.29, 1.82) is 0 Å². The quantitative estimate of drug-likeness (QED) is 0.909. The molecule has 0 unspecified atom stereocenters. The summed E-state index contributed by atoms with van der Waals surface area (Å²) in [5.41, 5.74) is 1.50. The molecule has 2 aromatic rings. The van der Waals surface area contributed by atoms with Crippen LogP contribution in [0.25, 0.3) is 0 Å². The molecule has 1 amide bonds. The Hall–Kier alpha value is -2.47. The van der Waals surface area contributed by atoms with Gasteiger partial charge in [0.2, 0.25) is 0 Å². The summed E-state index contributed by atoms with van der Waals surface area (Å²) in [5, 5.41) is 2.90. The molecule has 0 spiro atoms. The highest BCUT2D eigenvalue weighted by molar-refractivity contribution is 5.92. The number of hydrogen-bond donors (Lipinski definition) is 1. The maximum Gasteiger partial charge on any atom is 0.269 e. The van der Waals surface area contributed by atoms with Crippen molar-refractivity contribution in [3.8, 4) is 0 Å². The van der Waals surface area contributed by atoms with Crippen molar-refractivity contribution in [2.75, 3.05) is 44.2 Å². The molecule has 3 rings (SSSR count). The molecule has 0 saturated carbocycles. The maximum absolute atomic E-state index is 13.0. The largest absolute Gasteiger partial charge is 0.369 e. The fraction of sp³-hybridized carbons (Fsp3) is 0.333. The van der Waals surface area contributed by atoms with Crippen LogP contribution in [0.15, 0.2) is 48.7 Å². The number of amides is 1. The summed E-state index contributed by atoms with van der Waals surface area (Å²) >= 11 is 0. The number of nitrogens with zero attached hydrogens (tertiary/aromatic N) is 3. The number of nitrogens with one attached hydrogen (secondary N) is 1. The Morgan fingerprint density at radius 3 is 2.50 bits per heavy atom. The molecule has 1 aromatic carbocycles. The fourth-order valence-corrected chi connectivity index (χ4v) is 2.80. The lowest BCUT2D eigenvalue weighted by atomic mass is 10.2. The third kappa shape index (κ3) is 4.29. The van der Waals surface area contributed by atoms with Gasteiger partial charge in [-0.1, -0.05) is 6.07 Å². The highest BCUT2D eigenvalue weighted by Crippen LogP contribution is 2.16. The molecule has 6 heteroatoms. The van der Waals surface area contributed by atoms with Crippen molar-refractivity contribution in [3.63, 3.8) is 0 Å². The van der Waals surface area contributed by atoms with Crippen molar-refractivity contribution >= 4 is 11.6 Å². The Labute approximate surface area is 141 Å². The van der Waals surface area contributed by atoms with Crippen LogP contribution in [-0.4, -0.2) is 55.1 Å². The molecule has 1 saturated heterocycles. The summed E-state index contributed by atoms with van der Waals surface area (Å²) in [4.78, 5) is 20.5. The summed E-state index contributed by atoms with van der Waals surface area (Å²) in [6, 6.07) is 11.9. The number of carbonyl (C=O) groups is 1. The minimum Gasteiger partial charge on any atom is -0.369 e. The van der Waals surface area contributed by atoms with Crippen LogP contribution in [0.1, 0.15) is 10.5 Å². The molecule has 1 aliphatic rings. The first kappa shape index (κ1) is 16.4. The van der Waals surface area contributed by atoms with E-state index in [9.17, 15) is 9.18 Å². The van der Waals surface area contributed by atoms with Gasteiger partial charge in [-0.2, -0.15) is 0 Å². The average Bonchev–Trinajstić information content (AvgIpc) is 2.64. The van der Waals surface area contributed by atoms with Gasteiger partial charge in [0.15, 0.2) is 0 Å². The lowest BCUT2D eigenvalue weighted by Gasteiger charge is -2.36. The molecule has 1 aromatic heterocycles. The van der Waals surface area contributed by atoms with Crippen LogP contribution in [-0.2, 0) is 0 Å². The lowest BCUT2D eigenvalue weighted by Crippen LogP contribution is -2.48. The number of rotatable bonds is 5. The van der Waals surface area contributed by atoms with Gasteiger partial charge in [0.1, 0.15) is 11.5 Å². The number of halogens is 1. The smallest absolute Gasteiger partial charge is 0.269 e. The van der Waals surface area contributed by atoms with E-state index in [1.807, 2.05) is 12.1 Å². The summed E-state index contributed by atoms with van der Waals surface area (Å²) in [5.74, 6) is -0.346. The van der Waals surface area contributed by atoms with Crippen LogP contribution in [0.4, 0.5) is 10.1 Å². The third-order valence-electron chi connectivity index (χ3n) is 4.18. The van der Waals surface area contributed by atoms with Crippen LogP contribution in [0.2, 0.25) is 0 Å². The minimum absolute atomic E-state index is 0.138. The molecule has 24 heavy (non-hydrogen) atoms. The highest BCUT2D eigenvalue weighted by atomic mass is 19.1. The second kappa shape index (κ2) is 7.88. The Morgan fingerprint density at radius 1 is 1.08 bits per heavy atom. The van der Waals surface area contributed by atoms with E-state index in [1.54, 1.807) is 24.4 Å².